The number of nitrogens with zero attached hydrogens (tertiary/aromatic N) is 5. The highest BCUT2D eigenvalue weighted by atomic mass is 127. The van der Waals surface area contributed by atoms with Gasteiger partial charge in [0.25, 0.3) is 0 Å². The Morgan fingerprint density at radius 1 is 1.45 bits per heavy atom. The van der Waals surface area contributed by atoms with Crippen LogP contribution in [0.25, 0.3) is 0 Å². The molecule has 1 saturated heterocycles. The smallest absolute Gasteiger partial charge is 0.194 e. The lowest BCUT2D eigenvalue weighted by Gasteiger charge is -2.23. The molecule has 1 aliphatic heterocycles. The summed E-state index contributed by atoms with van der Waals surface area (Å²) in [6, 6.07) is 6.66. The summed E-state index contributed by atoms with van der Waals surface area (Å²) in [4.78, 5) is 6.77. The largest absolute Gasteiger partial charge is 0.376 e. The van der Waals surface area contributed by atoms with Crippen LogP contribution in [0.4, 0.5) is 4.39 Å². The Hall–Kier alpha value is -1.75. The molecule has 160 valence electrons. The molecule has 0 aliphatic carbocycles. The van der Waals surface area contributed by atoms with Gasteiger partial charge in [-0.25, -0.2) is 4.39 Å². The lowest BCUT2D eigenvalue weighted by molar-refractivity contribution is 0.117. The molecule has 0 spiro atoms. The number of hydrogen-bond acceptors (Lipinski definition) is 4. The SMILES string of the molecule is CCc1nncn1CCNC(=NCC1CCCO1)N(C)Cc1cccc(F)c1.I. The summed E-state index contributed by atoms with van der Waals surface area (Å²) < 4.78 is 21.2. The quantitative estimate of drug-likeness (QED) is 0.332. The lowest BCUT2D eigenvalue weighted by atomic mass is 10.2. The fourth-order valence-corrected chi connectivity index (χ4v) is 3.30. The van der Waals surface area contributed by atoms with Crippen molar-refractivity contribution in [2.24, 2.45) is 4.99 Å². The van der Waals surface area contributed by atoms with E-state index in [1.54, 1.807) is 18.5 Å². The van der Waals surface area contributed by atoms with Crippen LogP contribution in [-0.2, 0) is 24.2 Å². The number of guanidine groups is 1. The second-order valence-corrected chi connectivity index (χ2v) is 7.01. The maximum atomic E-state index is 13.5. The van der Waals surface area contributed by atoms with Gasteiger partial charge in [-0.05, 0) is 30.5 Å². The van der Waals surface area contributed by atoms with Crippen LogP contribution in [0.3, 0.4) is 0 Å². The molecule has 9 heteroatoms. The van der Waals surface area contributed by atoms with Gasteiger partial charge in [0.15, 0.2) is 5.96 Å². The minimum absolute atomic E-state index is 0. The molecule has 1 aromatic heterocycles. The normalized spacial score (nSPS) is 16.5. The van der Waals surface area contributed by atoms with Crippen molar-refractivity contribution < 1.29 is 9.13 Å². The average molecular weight is 516 g/mol. The first-order valence-corrected chi connectivity index (χ1v) is 9.88. The monoisotopic (exact) mass is 516 g/mol. The van der Waals surface area contributed by atoms with Crippen molar-refractivity contribution in [1.82, 2.24) is 25.0 Å². The van der Waals surface area contributed by atoms with Crippen LogP contribution < -0.4 is 5.32 Å². The molecule has 29 heavy (non-hydrogen) atoms. The minimum Gasteiger partial charge on any atom is -0.376 e. The Labute approximate surface area is 188 Å². The van der Waals surface area contributed by atoms with Crippen molar-refractivity contribution >= 4 is 29.9 Å². The van der Waals surface area contributed by atoms with Crippen molar-refractivity contribution in [1.29, 1.82) is 0 Å². The van der Waals surface area contributed by atoms with E-state index in [4.69, 9.17) is 9.73 Å². The molecular weight excluding hydrogens is 486 g/mol. The molecule has 0 saturated carbocycles. The topological polar surface area (TPSA) is 67.6 Å². The first-order chi connectivity index (χ1) is 13.7. The summed E-state index contributed by atoms with van der Waals surface area (Å²) in [5, 5.41) is 11.5. The van der Waals surface area contributed by atoms with E-state index >= 15 is 0 Å². The predicted octanol–water partition coefficient (Wildman–Crippen LogP) is 2.85. The Morgan fingerprint density at radius 3 is 3.03 bits per heavy atom. The predicted molar refractivity (Wildman–Crippen MR) is 122 cm³/mol. The van der Waals surface area contributed by atoms with Crippen molar-refractivity contribution in [2.75, 3.05) is 26.7 Å². The Kier molecular flexibility index (Phi) is 9.79. The van der Waals surface area contributed by atoms with E-state index in [2.05, 4.69) is 22.4 Å². The first-order valence-electron chi connectivity index (χ1n) is 9.88. The second kappa shape index (κ2) is 12.1. The summed E-state index contributed by atoms with van der Waals surface area (Å²) in [5.74, 6) is 1.52. The van der Waals surface area contributed by atoms with E-state index < -0.39 is 0 Å². The van der Waals surface area contributed by atoms with E-state index in [0.717, 1.165) is 49.8 Å². The van der Waals surface area contributed by atoms with Gasteiger partial charge in [0, 0.05) is 39.7 Å². The molecule has 3 rings (SSSR count). The second-order valence-electron chi connectivity index (χ2n) is 7.01. The summed E-state index contributed by atoms with van der Waals surface area (Å²) >= 11 is 0. The van der Waals surface area contributed by atoms with E-state index in [0.29, 0.717) is 19.6 Å². The van der Waals surface area contributed by atoms with Gasteiger partial charge >= 0.3 is 0 Å². The zero-order chi connectivity index (χ0) is 19.8. The van der Waals surface area contributed by atoms with Gasteiger partial charge in [-0.3, -0.25) is 4.99 Å². The number of aryl methyl sites for hydroxylation is 1. The minimum atomic E-state index is -0.226. The molecule has 1 N–H and O–H groups in total. The molecule has 1 aliphatic rings. The molecule has 1 unspecified atom stereocenters. The maximum absolute atomic E-state index is 13.5. The van der Waals surface area contributed by atoms with Crippen LogP contribution in [0.5, 0.6) is 0 Å². The molecule has 0 bridgehead atoms. The molecular formula is C20H30FIN6O. The number of benzene rings is 1. The molecule has 2 aromatic rings. The molecule has 7 nitrogen and oxygen atoms in total. The van der Waals surface area contributed by atoms with Crippen LogP contribution in [0.1, 0.15) is 31.2 Å². The van der Waals surface area contributed by atoms with Gasteiger partial charge in [-0.15, -0.1) is 34.2 Å². The third-order valence-corrected chi connectivity index (χ3v) is 4.79. The lowest BCUT2D eigenvalue weighted by Crippen LogP contribution is -2.40. The van der Waals surface area contributed by atoms with E-state index in [1.807, 2.05) is 22.6 Å². The summed E-state index contributed by atoms with van der Waals surface area (Å²) in [5.41, 5.74) is 0.904. The van der Waals surface area contributed by atoms with Crippen LogP contribution in [0, 0.1) is 5.82 Å². The fraction of sp³-hybridized carbons (Fsp3) is 0.550. The summed E-state index contributed by atoms with van der Waals surface area (Å²) in [7, 11) is 1.96. The molecule has 1 fully saturated rings. The number of aromatic nitrogens is 3. The number of rotatable bonds is 8. The average Bonchev–Trinajstić information content (AvgIpc) is 3.36. The van der Waals surface area contributed by atoms with E-state index in [1.165, 1.54) is 6.07 Å². The van der Waals surface area contributed by atoms with Gasteiger partial charge < -0.3 is 19.5 Å². The number of ether oxygens (including phenoxy) is 1. The van der Waals surface area contributed by atoms with E-state index in [-0.39, 0.29) is 35.9 Å². The van der Waals surface area contributed by atoms with Gasteiger partial charge in [0.2, 0.25) is 0 Å². The zero-order valence-corrected chi connectivity index (χ0v) is 19.4. The highest BCUT2D eigenvalue weighted by Gasteiger charge is 2.16. The zero-order valence-electron chi connectivity index (χ0n) is 17.1. The van der Waals surface area contributed by atoms with Crippen molar-refractivity contribution in [3.8, 4) is 0 Å². The van der Waals surface area contributed by atoms with Gasteiger partial charge in [0.05, 0.1) is 12.6 Å². The molecule has 2 heterocycles. The number of halogens is 2. The first kappa shape index (κ1) is 23.5. The highest BCUT2D eigenvalue weighted by Crippen LogP contribution is 2.12. The molecule has 0 amide bonds. The molecule has 1 aromatic carbocycles. The number of hydrogen-bond donors (Lipinski definition) is 1. The summed E-state index contributed by atoms with van der Waals surface area (Å²) in [6.07, 6.45) is 4.92. The third-order valence-electron chi connectivity index (χ3n) is 4.79. The van der Waals surface area contributed by atoms with Crippen LogP contribution >= 0.6 is 24.0 Å². The van der Waals surface area contributed by atoms with E-state index in [9.17, 15) is 4.39 Å². The van der Waals surface area contributed by atoms with Gasteiger partial charge in [0.1, 0.15) is 18.0 Å². The van der Waals surface area contributed by atoms with Crippen LogP contribution in [-0.4, -0.2) is 58.5 Å². The van der Waals surface area contributed by atoms with Crippen LogP contribution in [0.15, 0.2) is 35.6 Å². The van der Waals surface area contributed by atoms with Crippen LogP contribution in [0.2, 0.25) is 0 Å². The fourth-order valence-electron chi connectivity index (χ4n) is 3.30. The number of nitrogens with one attached hydrogen (secondary N) is 1. The number of aliphatic imine (C=N–C) groups is 1. The highest BCUT2D eigenvalue weighted by molar-refractivity contribution is 14.0. The van der Waals surface area contributed by atoms with Gasteiger partial charge in [-0.2, -0.15) is 0 Å². The molecule has 1 atom stereocenters. The van der Waals surface area contributed by atoms with Crippen molar-refractivity contribution in [3.05, 3.63) is 47.8 Å². The summed E-state index contributed by atoms with van der Waals surface area (Å²) in [6.45, 7) is 5.53. The Morgan fingerprint density at radius 2 is 2.31 bits per heavy atom. The van der Waals surface area contributed by atoms with Crippen molar-refractivity contribution in [3.63, 3.8) is 0 Å². The van der Waals surface area contributed by atoms with Crippen molar-refractivity contribution in [2.45, 2.75) is 45.4 Å². The Balaban J connectivity index is 0.00000300. The maximum Gasteiger partial charge on any atom is 0.194 e. The molecule has 0 radical (unpaired) electrons. The Bertz CT molecular complexity index is 778. The third kappa shape index (κ3) is 7.22. The van der Waals surface area contributed by atoms with Gasteiger partial charge in [-0.1, -0.05) is 19.1 Å². The standard InChI is InChI=1S/C20H29FN6O.HI/c1-3-19-25-24-15-27(19)10-9-22-20(23-13-18-8-5-11-28-18)26(2)14-16-6-4-7-17(21)12-16;/h4,6-7,12,15,18H,3,5,8-11,13-14H2,1-2H3,(H,22,23);1H.